The molecule has 5 rings (SSSR count). The zero-order chi connectivity index (χ0) is 28.9. The highest BCUT2D eigenvalue weighted by Gasteiger charge is 2.25. The van der Waals surface area contributed by atoms with E-state index in [9.17, 15) is 9.59 Å². The Morgan fingerprint density at radius 3 is 2.15 bits per heavy atom. The van der Waals surface area contributed by atoms with Gasteiger partial charge in [0, 0.05) is 5.56 Å². The monoisotopic (exact) mass is 564 g/mol. The molecule has 0 saturated heterocycles. The van der Waals surface area contributed by atoms with Crippen LogP contribution in [0.15, 0.2) is 95.1 Å². The van der Waals surface area contributed by atoms with Crippen LogP contribution in [-0.4, -0.2) is 43.6 Å². The lowest BCUT2D eigenvalue weighted by Gasteiger charge is -2.05. The van der Waals surface area contributed by atoms with Crippen molar-refractivity contribution in [3.05, 3.63) is 123 Å². The molecule has 0 aliphatic rings. The normalized spacial score (nSPS) is 12.0. The molecule has 0 amide bonds. The van der Waals surface area contributed by atoms with E-state index in [4.69, 9.17) is 4.74 Å². The van der Waals surface area contributed by atoms with Gasteiger partial charge in [0.1, 0.15) is 0 Å². The Hall–Kier alpha value is -4.96. The SMILES string of the molecule is CCOC(=O)c1nn(-c2ccc(C)cc2)c(C)c1/C(C)=N/N=c1\sc(C(=O)c2ccccc2)nn1-c1ccccc1. The van der Waals surface area contributed by atoms with Crippen molar-refractivity contribution in [3.63, 3.8) is 0 Å². The van der Waals surface area contributed by atoms with Crippen molar-refractivity contribution in [1.29, 1.82) is 0 Å². The summed E-state index contributed by atoms with van der Waals surface area (Å²) in [7, 11) is 0. The van der Waals surface area contributed by atoms with Gasteiger partial charge in [-0.3, -0.25) is 4.79 Å². The van der Waals surface area contributed by atoms with E-state index < -0.39 is 5.97 Å². The van der Waals surface area contributed by atoms with E-state index in [1.165, 1.54) is 0 Å². The van der Waals surface area contributed by atoms with Gasteiger partial charge >= 0.3 is 5.97 Å². The molecule has 2 aromatic heterocycles. The van der Waals surface area contributed by atoms with E-state index >= 15 is 0 Å². The van der Waals surface area contributed by atoms with Crippen LogP contribution >= 0.6 is 11.3 Å². The summed E-state index contributed by atoms with van der Waals surface area (Å²) in [5.74, 6) is -0.749. The zero-order valence-electron chi connectivity index (χ0n) is 23.1. The van der Waals surface area contributed by atoms with Crippen LogP contribution in [0, 0.1) is 13.8 Å². The molecule has 0 saturated carbocycles. The van der Waals surface area contributed by atoms with Crippen molar-refractivity contribution in [2.45, 2.75) is 27.7 Å². The number of hydrogen-bond acceptors (Lipinski definition) is 8. The molecule has 9 nitrogen and oxygen atoms in total. The first-order valence-electron chi connectivity index (χ1n) is 13.0. The quantitative estimate of drug-likeness (QED) is 0.108. The van der Waals surface area contributed by atoms with Gasteiger partial charge in [-0.2, -0.15) is 15.3 Å². The Morgan fingerprint density at radius 1 is 0.854 bits per heavy atom. The molecule has 0 aliphatic heterocycles. The van der Waals surface area contributed by atoms with E-state index in [-0.39, 0.29) is 23.1 Å². The number of para-hydroxylation sites is 1. The van der Waals surface area contributed by atoms with E-state index in [1.54, 1.807) is 35.3 Å². The van der Waals surface area contributed by atoms with Crippen molar-refractivity contribution in [2.75, 3.05) is 6.61 Å². The highest BCUT2D eigenvalue weighted by Crippen LogP contribution is 2.21. The highest BCUT2D eigenvalue weighted by molar-refractivity contribution is 7.11. The van der Waals surface area contributed by atoms with Gasteiger partial charge in [-0.15, -0.1) is 5.10 Å². The van der Waals surface area contributed by atoms with E-state index in [1.807, 2.05) is 86.6 Å². The first-order chi connectivity index (χ1) is 19.9. The van der Waals surface area contributed by atoms with Gasteiger partial charge < -0.3 is 4.74 Å². The summed E-state index contributed by atoms with van der Waals surface area (Å²) in [6, 6.07) is 26.2. The summed E-state index contributed by atoms with van der Waals surface area (Å²) in [4.78, 5) is 26.5. The van der Waals surface area contributed by atoms with Gasteiger partial charge in [0.25, 0.3) is 0 Å². The second-order valence-corrected chi connectivity index (χ2v) is 10.2. The standard InChI is InChI=1S/C31H28N6O3S/c1-5-40-30(39)27-26(22(4)36(34-27)25-18-16-20(2)17-19-25)21(3)32-33-31-37(24-14-10-7-11-15-24)35-29(41-31)28(38)23-12-8-6-9-13-23/h6-19H,5H2,1-4H3/b32-21+,33-31-. The van der Waals surface area contributed by atoms with Crippen LogP contribution in [0.2, 0.25) is 0 Å². The van der Waals surface area contributed by atoms with Gasteiger partial charge in [0.2, 0.25) is 10.6 Å². The number of carbonyl (C=O) groups is 2. The summed E-state index contributed by atoms with van der Waals surface area (Å²) in [6.45, 7) is 7.61. The van der Waals surface area contributed by atoms with Crippen molar-refractivity contribution >= 4 is 28.8 Å². The summed E-state index contributed by atoms with van der Waals surface area (Å²) < 4.78 is 8.60. The van der Waals surface area contributed by atoms with E-state index in [0.29, 0.717) is 27.3 Å². The minimum atomic E-state index is -0.543. The smallest absolute Gasteiger partial charge is 0.359 e. The van der Waals surface area contributed by atoms with Gasteiger partial charge in [0.15, 0.2) is 10.7 Å². The minimum Gasteiger partial charge on any atom is -0.461 e. The number of carbonyl (C=O) groups excluding carboxylic acids is 2. The second kappa shape index (κ2) is 12.1. The van der Waals surface area contributed by atoms with Crippen LogP contribution in [0.5, 0.6) is 0 Å². The van der Waals surface area contributed by atoms with Crippen molar-refractivity contribution in [3.8, 4) is 11.4 Å². The lowest BCUT2D eigenvalue weighted by Crippen LogP contribution is -2.15. The van der Waals surface area contributed by atoms with Gasteiger partial charge in [0.05, 0.1) is 35.0 Å². The molecule has 206 valence electrons. The Balaban J connectivity index is 1.63. The first kappa shape index (κ1) is 27.6. The molecular weight excluding hydrogens is 536 g/mol. The number of aryl methyl sites for hydroxylation is 1. The van der Waals surface area contributed by atoms with Gasteiger partial charge in [-0.05, 0) is 52.0 Å². The lowest BCUT2D eigenvalue weighted by atomic mass is 10.1. The maximum atomic E-state index is 13.2. The number of nitrogens with zero attached hydrogens (tertiary/aromatic N) is 6. The molecular formula is C31H28N6O3S. The Bertz CT molecular complexity index is 1800. The van der Waals surface area contributed by atoms with Crippen LogP contribution < -0.4 is 4.80 Å². The summed E-state index contributed by atoms with van der Waals surface area (Å²) >= 11 is 1.14. The molecule has 2 heterocycles. The number of ketones is 1. The number of aromatic nitrogens is 4. The summed E-state index contributed by atoms with van der Waals surface area (Å²) in [5, 5.41) is 18.5. The van der Waals surface area contributed by atoms with Crippen molar-refractivity contribution < 1.29 is 14.3 Å². The predicted octanol–water partition coefficient (Wildman–Crippen LogP) is 5.47. The maximum Gasteiger partial charge on any atom is 0.359 e. The fraction of sp³-hybridized carbons (Fsp3) is 0.161. The van der Waals surface area contributed by atoms with Crippen LogP contribution in [0.25, 0.3) is 11.4 Å². The third-order valence-corrected chi connectivity index (χ3v) is 7.20. The zero-order valence-corrected chi connectivity index (χ0v) is 23.9. The molecule has 5 aromatic rings. The Morgan fingerprint density at radius 2 is 1.49 bits per heavy atom. The van der Waals surface area contributed by atoms with Gasteiger partial charge in [-0.1, -0.05) is 77.6 Å². The third kappa shape index (κ3) is 5.82. The van der Waals surface area contributed by atoms with Crippen LogP contribution in [0.4, 0.5) is 0 Å². The molecule has 0 fully saturated rings. The van der Waals surface area contributed by atoms with Crippen LogP contribution in [0.1, 0.15) is 56.5 Å². The minimum absolute atomic E-state index is 0.154. The van der Waals surface area contributed by atoms with Crippen molar-refractivity contribution in [2.24, 2.45) is 10.2 Å². The van der Waals surface area contributed by atoms with E-state index in [0.717, 1.165) is 28.3 Å². The molecule has 0 N–H and O–H groups in total. The number of hydrogen-bond donors (Lipinski definition) is 0. The molecule has 0 spiro atoms. The Kier molecular flexibility index (Phi) is 8.11. The molecule has 41 heavy (non-hydrogen) atoms. The molecule has 0 radical (unpaired) electrons. The third-order valence-electron chi connectivity index (χ3n) is 6.30. The summed E-state index contributed by atoms with van der Waals surface area (Å²) in [5.41, 5.74) is 5.06. The van der Waals surface area contributed by atoms with E-state index in [2.05, 4.69) is 20.4 Å². The second-order valence-electron chi connectivity index (χ2n) is 9.19. The van der Waals surface area contributed by atoms with Crippen LogP contribution in [0.3, 0.4) is 0 Å². The number of ether oxygens (including phenoxy) is 1. The first-order valence-corrected chi connectivity index (χ1v) is 13.9. The molecule has 0 bridgehead atoms. The largest absolute Gasteiger partial charge is 0.461 e. The molecule has 0 atom stereocenters. The highest BCUT2D eigenvalue weighted by atomic mass is 32.1. The lowest BCUT2D eigenvalue weighted by molar-refractivity contribution is 0.0518. The molecule has 0 unspecified atom stereocenters. The average molecular weight is 565 g/mol. The van der Waals surface area contributed by atoms with Gasteiger partial charge in [-0.25, -0.2) is 14.2 Å². The molecule has 0 aliphatic carbocycles. The Labute approximate surface area is 241 Å². The number of benzene rings is 3. The molecule has 10 heteroatoms. The average Bonchev–Trinajstić information content (AvgIpc) is 3.58. The number of esters is 1. The predicted molar refractivity (Wildman–Crippen MR) is 158 cm³/mol. The topological polar surface area (TPSA) is 104 Å². The fourth-order valence-electron chi connectivity index (χ4n) is 4.27. The number of rotatable bonds is 8. The molecule has 3 aromatic carbocycles. The van der Waals surface area contributed by atoms with Crippen LogP contribution in [-0.2, 0) is 4.74 Å². The maximum absolute atomic E-state index is 13.2. The summed E-state index contributed by atoms with van der Waals surface area (Å²) in [6.07, 6.45) is 0. The van der Waals surface area contributed by atoms with Crippen molar-refractivity contribution in [1.82, 2.24) is 19.6 Å². The fourth-order valence-corrected chi connectivity index (χ4v) is 5.09.